The van der Waals surface area contributed by atoms with Gasteiger partial charge < -0.3 is 5.11 Å². The highest BCUT2D eigenvalue weighted by molar-refractivity contribution is 5.03. The van der Waals surface area contributed by atoms with Gasteiger partial charge in [-0.1, -0.05) is 13.8 Å². The molecule has 0 amide bonds. The maximum absolute atomic E-state index is 9.55. The molecule has 0 saturated heterocycles. The third kappa shape index (κ3) is 0.619. The maximum atomic E-state index is 9.55. The van der Waals surface area contributed by atoms with E-state index < -0.39 is 0 Å². The first-order valence-corrected chi connectivity index (χ1v) is 4.30. The molecule has 1 nitrogen and oxygen atoms in total. The summed E-state index contributed by atoms with van der Waals surface area (Å²) in [5, 5.41) is 9.55. The highest BCUT2D eigenvalue weighted by atomic mass is 16.3. The van der Waals surface area contributed by atoms with Crippen LogP contribution in [0.25, 0.3) is 0 Å². The minimum atomic E-state index is 0.0139. The third-order valence-corrected chi connectivity index (χ3v) is 3.82. The van der Waals surface area contributed by atoms with Gasteiger partial charge in [-0.15, -0.1) is 0 Å². The average Bonchev–Trinajstić information content (AvgIpc) is 1.87. The SMILES string of the molecule is CC1(C)[C@H]2CCC(O)[C@@H]1C2. The van der Waals surface area contributed by atoms with Crippen LogP contribution in [0.5, 0.6) is 0 Å². The first-order chi connectivity index (χ1) is 4.62. The van der Waals surface area contributed by atoms with Crippen LogP contribution in [0.3, 0.4) is 0 Å². The highest BCUT2D eigenvalue weighted by Gasteiger charge is 2.53. The van der Waals surface area contributed by atoms with Crippen molar-refractivity contribution >= 4 is 0 Å². The van der Waals surface area contributed by atoms with Crippen LogP contribution < -0.4 is 0 Å². The number of fused-ring (bicyclic) bond motifs is 2. The largest absolute Gasteiger partial charge is 0.393 e. The van der Waals surface area contributed by atoms with Crippen LogP contribution in [0.2, 0.25) is 0 Å². The molecule has 3 atom stereocenters. The monoisotopic (exact) mass is 140 g/mol. The Kier molecular flexibility index (Phi) is 1.17. The smallest absolute Gasteiger partial charge is 0.0573 e. The van der Waals surface area contributed by atoms with Gasteiger partial charge in [-0.05, 0) is 36.5 Å². The molecular weight excluding hydrogens is 124 g/mol. The van der Waals surface area contributed by atoms with Crippen LogP contribution in [0, 0.1) is 17.3 Å². The van der Waals surface area contributed by atoms with Crippen molar-refractivity contribution in [1.29, 1.82) is 0 Å². The van der Waals surface area contributed by atoms with Gasteiger partial charge in [-0.3, -0.25) is 0 Å². The van der Waals surface area contributed by atoms with E-state index in [2.05, 4.69) is 13.8 Å². The summed E-state index contributed by atoms with van der Waals surface area (Å²) < 4.78 is 0. The Morgan fingerprint density at radius 3 is 2.30 bits per heavy atom. The molecule has 1 unspecified atom stereocenters. The zero-order valence-corrected chi connectivity index (χ0v) is 6.80. The van der Waals surface area contributed by atoms with Crippen LogP contribution in [-0.2, 0) is 0 Å². The average molecular weight is 140 g/mol. The van der Waals surface area contributed by atoms with Gasteiger partial charge in [0.25, 0.3) is 0 Å². The Morgan fingerprint density at radius 2 is 2.00 bits per heavy atom. The molecule has 0 aliphatic heterocycles. The van der Waals surface area contributed by atoms with Gasteiger partial charge in [0, 0.05) is 0 Å². The first-order valence-electron chi connectivity index (χ1n) is 4.30. The molecule has 3 aliphatic carbocycles. The zero-order valence-electron chi connectivity index (χ0n) is 6.80. The standard InChI is InChI=1S/C9H16O/c1-9(2)6-3-4-8(10)7(9)5-6/h6-8,10H,3-5H2,1-2H3/t6-,7-,8?/m0/s1. The van der Waals surface area contributed by atoms with Gasteiger partial charge in [-0.2, -0.15) is 0 Å². The minimum Gasteiger partial charge on any atom is -0.393 e. The van der Waals surface area contributed by atoms with Gasteiger partial charge in [0.05, 0.1) is 6.10 Å². The minimum absolute atomic E-state index is 0.0139. The molecular formula is C9H16O. The lowest BCUT2D eigenvalue weighted by molar-refractivity contribution is -0.139. The molecule has 0 aromatic carbocycles. The Morgan fingerprint density at radius 1 is 1.30 bits per heavy atom. The molecule has 0 heterocycles. The summed E-state index contributed by atoms with van der Waals surface area (Å²) in [5.41, 5.74) is 0.456. The Balaban J connectivity index is 2.16. The van der Waals surface area contributed by atoms with Gasteiger partial charge in [0.2, 0.25) is 0 Å². The first kappa shape index (κ1) is 6.66. The Bertz CT molecular complexity index is 149. The third-order valence-electron chi connectivity index (χ3n) is 3.82. The van der Waals surface area contributed by atoms with E-state index in [0.29, 0.717) is 11.3 Å². The topological polar surface area (TPSA) is 20.2 Å². The number of aliphatic hydroxyl groups excluding tert-OH is 1. The van der Waals surface area contributed by atoms with Crippen LogP contribution in [0.15, 0.2) is 0 Å². The summed E-state index contributed by atoms with van der Waals surface area (Å²) in [6.45, 7) is 4.60. The van der Waals surface area contributed by atoms with Gasteiger partial charge in [0.15, 0.2) is 0 Å². The Labute approximate surface area is 62.4 Å². The molecule has 0 radical (unpaired) electrons. The molecule has 3 saturated carbocycles. The van der Waals surface area contributed by atoms with Crippen LogP contribution in [0.4, 0.5) is 0 Å². The molecule has 10 heavy (non-hydrogen) atoms. The fourth-order valence-corrected chi connectivity index (χ4v) is 2.77. The van der Waals surface area contributed by atoms with Crippen molar-refractivity contribution in [1.82, 2.24) is 0 Å². The van der Waals surface area contributed by atoms with Crippen LogP contribution in [0.1, 0.15) is 33.1 Å². The molecule has 1 heteroatoms. The number of rotatable bonds is 0. The van der Waals surface area contributed by atoms with Gasteiger partial charge >= 0.3 is 0 Å². The summed E-state index contributed by atoms with van der Waals surface area (Å²) in [7, 11) is 0. The van der Waals surface area contributed by atoms with Crippen molar-refractivity contribution < 1.29 is 5.11 Å². The van der Waals surface area contributed by atoms with E-state index in [4.69, 9.17) is 0 Å². The van der Waals surface area contributed by atoms with Crippen molar-refractivity contribution in [3.63, 3.8) is 0 Å². The Hall–Kier alpha value is -0.0400. The highest BCUT2D eigenvalue weighted by Crippen LogP contribution is 2.58. The summed E-state index contributed by atoms with van der Waals surface area (Å²) in [4.78, 5) is 0. The quantitative estimate of drug-likeness (QED) is 0.544. The van der Waals surface area contributed by atoms with E-state index in [0.717, 1.165) is 12.3 Å². The van der Waals surface area contributed by atoms with Crippen molar-refractivity contribution in [3.8, 4) is 0 Å². The molecule has 1 N–H and O–H groups in total. The van der Waals surface area contributed by atoms with E-state index >= 15 is 0 Å². The normalized spacial score (nSPS) is 50.1. The van der Waals surface area contributed by atoms with Gasteiger partial charge in [-0.25, -0.2) is 0 Å². The van der Waals surface area contributed by atoms with E-state index in [1.165, 1.54) is 12.8 Å². The zero-order chi connectivity index (χ0) is 7.35. The van der Waals surface area contributed by atoms with E-state index in [1.807, 2.05) is 0 Å². The second kappa shape index (κ2) is 1.76. The summed E-state index contributed by atoms with van der Waals surface area (Å²) >= 11 is 0. The molecule has 3 rings (SSSR count). The van der Waals surface area contributed by atoms with E-state index in [-0.39, 0.29) is 6.10 Å². The molecule has 58 valence electrons. The molecule has 0 aromatic heterocycles. The second-order valence-corrected chi connectivity index (χ2v) is 4.51. The molecule has 0 spiro atoms. The summed E-state index contributed by atoms with van der Waals surface area (Å²) in [5.74, 6) is 1.53. The molecule has 2 bridgehead atoms. The summed E-state index contributed by atoms with van der Waals surface area (Å²) in [6, 6.07) is 0. The molecule has 3 fully saturated rings. The summed E-state index contributed by atoms with van der Waals surface area (Å²) in [6.07, 6.45) is 3.61. The lowest BCUT2D eigenvalue weighted by Crippen LogP contribution is -2.54. The fraction of sp³-hybridized carbons (Fsp3) is 1.00. The lowest BCUT2D eigenvalue weighted by atomic mass is 9.48. The van der Waals surface area contributed by atoms with Crippen molar-refractivity contribution in [2.75, 3.05) is 0 Å². The number of hydrogen-bond acceptors (Lipinski definition) is 1. The van der Waals surface area contributed by atoms with Crippen molar-refractivity contribution in [3.05, 3.63) is 0 Å². The van der Waals surface area contributed by atoms with Gasteiger partial charge in [0.1, 0.15) is 0 Å². The van der Waals surface area contributed by atoms with Crippen LogP contribution >= 0.6 is 0 Å². The predicted molar refractivity (Wildman–Crippen MR) is 40.6 cm³/mol. The number of hydrogen-bond donors (Lipinski definition) is 1. The fourth-order valence-electron chi connectivity index (χ4n) is 2.77. The van der Waals surface area contributed by atoms with E-state index in [9.17, 15) is 5.11 Å². The van der Waals surface area contributed by atoms with Crippen molar-refractivity contribution in [2.24, 2.45) is 17.3 Å². The molecule has 0 aromatic rings. The van der Waals surface area contributed by atoms with Crippen molar-refractivity contribution in [2.45, 2.75) is 39.2 Å². The molecule has 3 aliphatic rings. The second-order valence-electron chi connectivity index (χ2n) is 4.51. The lowest BCUT2D eigenvalue weighted by Gasteiger charge is -2.58. The van der Waals surface area contributed by atoms with E-state index in [1.54, 1.807) is 0 Å². The number of aliphatic hydroxyl groups is 1. The predicted octanol–water partition coefficient (Wildman–Crippen LogP) is 1.80. The maximum Gasteiger partial charge on any atom is 0.0573 e. The van der Waals surface area contributed by atoms with Crippen LogP contribution in [-0.4, -0.2) is 11.2 Å².